The first-order valence-electron chi connectivity index (χ1n) is 7.14. The van der Waals surface area contributed by atoms with E-state index >= 15 is 0 Å². The van der Waals surface area contributed by atoms with E-state index in [9.17, 15) is 9.59 Å². The molecule has 0 aliphatic carbocycles. The van der Waals surface area contributed by atoms with Crippen molar-refractivity contribution >= 4 is 11.9 Å². The maximum absolute atomic E-state index is 12.4. The second-order valence-corrected chi connectivity index (χ2v) is 5.56. The Bertz CT molecular complexity index is 481. The summed E-state index contributed by atoms with van der Waals surface area (Å²) in [6.45, 7) is 3.45. The fraction of sp³-hybridized carbons (Fsp3) is 0.500. The molecule has 1 aliphatic rings. The van der Waals surface area contributed by atoms with Gasteiger partial charge < -0.3 is 10.0 Å². The topological polar surface area (TPSA) is 57.6 Å². The summed E-state index contributed by atoms with van der Waals surface area (Å²) >= 11 is 0. The molecule has 4 heteroatoms. The summed E-state index contributed by atoms with van der Waals surface area (Å²) in [4.78, 5) is 24.9. The first-order valence-corrected chi connectivity index (χ1v) is 7.14. The van der Waals surface area contributed by atoms with Crippen LogP contribution < -0.4 is 0 Å². The molecule has 0 spiro atoms. The molecule has 1 saturated heterocycles. The lowest BCUT2D eigenvalue weighted by Crippen LogP contribution is -2.40. The van der Waals surface area contributed by atoms with Gasteiger partial charge in [0, 0.05) is 25.1 Å². The Balaban J connectivity index is 1.96. The molecule has 1 atom stereocenters. The Labute approximate surface area is 119 Å². The van der Waals surface area contributed by atoms with Gasteiger partial charge in [-0.3, -0.25) is 9.59 Å². The van der Waals surface area contributed by atoms with Crippen molar-refractivity contribution in [1.82, 2.24) is 4.90 Å². The van der Waals surface area contributed by atoms with Gasteiger partial charge in [-0.05, 0) is 44.2 Å². The number of likely N-dealkylation sites (tertiary alicyclic amines) is 1. The van der Waals surface area contributed by atoms with E-state index in [1.54, 1.807) is 0 Å². The maximum atomic E-state index is 12.4. The fourth-order valence-electron chi connectivity index (χ4n) is 2.69. The second kappa shape index (κ2) is 6.55. The van der Waals surface area contributed by atoms with Crippen LogP contribution >= 0.6 is 0 Å². The van der Waals surface area contributed by atoms with E-state index < -0.39 is 5.97 Å². The fourth-order valence-corrected chi connectivity index (χ4v) is 2.69. The van der Waals surface area contributed by atoms with E-state index in [0.717, 1.165) is 30.5 Å². The van der Waals surface area contributed by atoms with Crippen LogP contribution in [0.2, 0.25) is 0 Å². The molecule has 0 saturated carbocycles. The molecule has 0 radical (unpaired) electrons. The van der Waals surface area contributed by atoms with Gasteiger partial charge in [0.05, 0.1) is 0 Å². The molecule has 20 heavy (non-hydrogen) atoms. The molecule has 0 aromatic heterocycles. The molecule has 2 rings (SSSR count). The number of carbonyl (C=O) groups excluding carboxylic acids is 1. The zero-order valence-corrected chi connectivity index (χ0v) is 11.8. The summed E-state index contributed by atoms with van der Waals surface area (Å²) in [6.07, 6.45) is 2.83. The molecule has 1 heterocycles. The number of rotatable bonds is 4. The van der Waals surface area contributed by atoms with Crippen LogP contribution in [-0.2, 0) is 4.79 Å². The average molecular weight is 275 g/mol. The highest BCUT2D eigenvalue weighted by Gasteiger charge is 2.24. The zero-order chi connectivity index (χ0) is 14.5. The lowest BCUT2D eigenvalue weighted by Gasteiger charge is -2.32. The van der Waals surface area contributed by atoms with Gasteiger partial charge in [0.2, 0.25) is 0 Å². The summed E-state index contributed by atoms with van der Waals surface area (Å²) in [7, 11) is 0. The number of nitrogens with zero attached hydrogens (tertiary/aromatic N) is 1. The van der Waals surface area contributed by atoms with Crippen molar-refractivity contribution in [2.24, 2.45) is 5.92 Å². The number of aryl methyl sites for hydroxylation is 1. The van der Waals surface area contributed by atoms with Crippen molar-refractivity contribution in [1.29, 1.82) is 0 Å². The quantitative estimate of drug-likeness (QED) is 0.919. The normalized spacial score (nSPS) is 18.9. The smallest absolute Gasteiger partial charge is 0.303 e. The monoisotopic (exact) mass is 275 g/mol. The third-order valence-corrected chi connectivity index (χ3v) is 3.87. The van der Waals surface area contributed by atoms with Crippen molar-refractivity contribution in [3.05, 3.63) is 35.4 Å². The average Bonchev–Trinajstić information content (AvgIpc) is 2.45. The van der Waals surface area contributed by atoms with Crippen LogP contribution in [0.1, 0.15) is 41.6 Å². The summed E-state index contributed by atoms with van der Waals surface area (Å²) in [6, 6.07) is 7.61. The summed E-state index contributed by atoms with van der Waals surface area (Å²) in [5.41, 5.74) is 1.86. The van der Waals surface area contributed by atoms with E-state index in [4.69, 9.17) is 5.11 Å². The molecule has 0 bridgehead atoms. The number of carbonyl (C=O) groups is 2. The third-order valence-electron chi connectivity index (χ3n) is 3.87. The van der Waals surface area contributed by atoms with E-state index in [0.29, 0.717) is 18.9 Å². The van der Waals surface area contributed by atoms with Crippen molar-refractivity contribution in [2.75, 3.05) is 13.1 Å². The first-order chi connectivity index (χ1) is 9.56. The zero-order valence-electron chi connectivity index (χ0n) is 11.8. The van der Waals surface area contributed by atoms with Gasteiger partial charge in [0.1, 0.15) is 0 Å². The predicted octanol–water partition coefficient (Wildman–Crippen LogP) is 2.71. The molecule has 1 aromatic carbocycles. The Kier molecular flexibility index (Phi) is 4.77. The Morgan fingerprint density at radius 1 is 1.30 bits per heavy atom. The molecule has 1 N–H and O–H groups in total. The lowest BCUT2D eigenvalue weighted by atomic mass is 9.93. The highest BCUT2D eigenvalue weighted by molar-refractivity contribution is 5.94. The number of piperidine rings is 1. The molecule has 1 unspecified atom stereocenters. The minimum Gasteiger partial charge on any atom is -0.481 e. The molecular formula is C16H21NO3. The van der Waals surface area contributed by atoms with Crippen LogP contribution in [0.5, 0.6) is 0 Å². The SMILES string of the molecule is Cc1ccc(C(=O)N2CCCC(CCC(=O)O)C2)cc1. The van der Waals surface area contributed by atoms with Gasteiger partial charge in [-0.15, -0.1) is 0 Å². The van der Waals surface area contributed by atoms with Gasteiger partial charge in [-0.25, -0.2) is 0 Å². The van der Waals surface area contributed by atoms with Gasteiger partial charge >= 0.3 is 5.97 Å². The lowest BCUT2D eigenvalue weighted by molar-refractivity contribution is -0.137. The van der Waals surface area contributed by atoms with Crippen LogP contribution in [-0.4, -0.2) is 35.0 Å². The summed E-state index contributed by atoms with van der Waals surface area (Å²) in [5.74, 6) is -0.383. The third kappa shape index (κ3) is 3.83. The maximum Gasteiger partial charge on any atom is 0.303 e. The van der Waals surface area contributed by atoms with E-state index in [1.807, 2.05) is 36.1 Å². The highest BCUT2D eigenvalue weighted by atomic mass is 16.4. The van der Waals surface area contributed by atoms with Crippen LogP contribution in [0.4, 0.5) is 0 Å². The molecule has 4 nitrogen and oxygen atoms in total. The highest BCUT2D eigenvalue weighted by Crippen LogP contribution is 2.22. The van der Waals surface area contributed by atoms with Crippen molar-refractivity contribution in [2.45, 2.75) is 32.6 Å². The van der Waals surface area contributed by atoms with Crippen molar-refractivity contribution in [3.8, 4) is 0 Å². The molecule has 1 amide bonds. The van der Waals surface area contributed by atoms with Crippen LogP contribution in [0.15, 0.2) is 24.3 Å². The molecule has 1 fully saturated rings. The van der Waals surface area contributed by atoms with Gasteiger partial charge in [-0.1, -0.05) is 17.7 Å². The number of hydrogen-bond acceptors (Lipinski definition) is 2. The summed E-state index contributed by atoms with van der Waals surface area (Å²) in [5, 5.41) is 8.74. The van der Waals surface area contributed by atoms with Crippen LogP contribution in [0.3, 0.4) is 0 Å². The number of hydrogen-bond donors (Lipinski definition) is 1. The molecule has 1 aliphatic heterocycles. The Hall–Kier alpha value is -1.84. The number of amides is 1. The second-order valence-electron chi connectivity index (χ2n) is 5.56. The van der Waals surface area contributed by atoms with Gasteiger partial charge in [-0.2, -0.15) is 0 Å². The number of benzene rings is 1. The standard InChI is InChI=1S/C16H21NO3/c1-12-4-7-14(8-5-12)16(20)17-10-2-3-13(11-17)6-9-15(18)19/h4-5,7-8,13H,2-3,6,9-11H2,1H3,(H,18,19). The number of carboxylic acids is 1. The van der Waals surface area contributed by atoms with E-state index in [-0.39, 0.29) is 12.3 Å². The molecule has 1 aromatic rings. The number of carboxylic acid groups (broad SMARTS) is 1. The van der Waals surface area contributed by atoms with E-state index in [1.165, 1.54) is 0 Å². The molecular weight excluding hydrogens is 254 g/mol. The van der Waals surface area contributed by atoms with E-state index in [2.05, 4.69) is 0 Å². The predicted molar refractivity (Wildman–Crippen MR) is 76.7 cm³/mol. The van der Waals surface area contributed by atoms with Gasteiger partial charge in [0.15, 0.2) is 0 Å². The number of aliphatic carboxylic acids is 1. The summed E-state index contributed by atoms with van der Waals surface area (Å²) < 4.78 is 0. The van der Waals surface area contributed by atoms with Crippen LogP contribution in [0, 0.1) is 12.8 Å². The van der Waals surface area contributed by atoms with Gasteiger partial charge in [0.25, 0.3) is 5.91 Å². The van der Waals surface area contributed by atoms with Crippen LogP contribution in [0.25, 0.3) is 0 Å². The first kappa shape index (κ1) is 14.6. The minimum absolute atomic E-state index is 0.0602. The van der Waals surface area contributed by atoms with Crippen molar-refractivity contribution in [3.63, 3.8) is 0 Å². The van der Waals surface area contributed by atoms with Crippen molar-refractivity contribution < 1.29 is 14.7 Å². The Morgan fingerprint density at radius 2 is 2.00 bits per heavy atom. The largest absolute Gasteiger partial charge is 0.481 e. The molecule has 108 valence electrons. The Morgan fingerprint density at radius 3 is 2.65 bits per heavy atom. The minimum atomic E-state index is -0.757.